The Kier molecular flexibility index (Phi) is 3.29. The standard InChI is InChI=1S/C12H18N2O2/c1-16-10-5-2-4-9(8-10)14-7-3-6-11(13)12(14)15/h3,6-7,9-10H,2,4-5,8,13H2,1H3/t9-,10-/m1/s1. The number of rotatable bonds is 2. The van der Waals surface area contributed by atoms with E-state index in [2.05, 4.69) is 0 Å². The quantitative estimate of drug-likeness (QED) is 0.826. The molecule has 16 heavy (non-hydrogen) atoms. The zero-order valence-electron chi connectivity index (χ0n) is 9.56. The highest BCUT2D eigenvalue weighted by Crippen LogP contribution is 2.28. The number of nitrogens with two attached hydrogens (primary N) is 1. The highest BCUT2D eigenvalue weighted by Gasteiger charge is 2.23. The van der Waals surface area contributed by atoms with Crippen molar-refractivity contribution in [3.63, 3.8) is 0 Å². The molecule has 1 aromatic rings. The number of ether oxygens (including phenoxy) is 1. The highest BCUT2D eigenvalue weighted by molar-refractivity contribution is 5.33. The second-order valence-corrected chi connectivity index (χ2v) is 4.35. The minimum absolute atomic E-state index is 0.0794. The van der Waals surface area contributed by atoms with Gasteiger partial charge in [-0.2, -0.15) is 0 Å². The Balaban J connectivity index is 2.23. The van der Waals surface area contributed by atoms with Crippen LogP contribution in [0.4, 0.5) is 5.69 Å². The summed E-state index contributed by atoms with van der Waals surface area (Å²) < 4.78 is 7.12. The molecule has 0 amide bonds. The molecule has 0 radical (unpaired) electrons. The second-order valence-electron chi connectivity index (χ2n) is 4.35. The van der Waals surface area contributed by atoms with E-state index in [0.717, 1.165) is 25.7 Å². The van der Waals surface area contributed by atoms with Gasteiger partial charge in [0.15, 0.2) is 0 Å². The van der Waals surface area contributed by atoms with Gasteiger partial charge >= 0.3 is 0 Å². The van der Waals surface area contributed by atoms with Crippen molar-refractivity contribution in [2.45, 2.75) is 37.8 Å². The SMILES string of the molecule is CO[C@@H]1CCC[C@@H](n2cccc(N)c2=O)C1. The van der Waals surface area contributed by atoms with E-state index >= 15 is 0 Å². The Bertz CT molecular complexity index is 414. The predicted octanol–water partition coefficient (Wildman–Crippen LogP) is 1.56. The first-order valence-electron chi connectivity index (χ1n) is 5.72. The molecule has 1 heterocycles. The van der Waals surface area contributed by atoms with Gasteiger partial charge in [0.25, 0.3) is 5.56 Å². The molecule has 2 rings (SSSR count). The summed E-state index contributed by atoms with van der Waals surface area (Å²) in [5.41, 5.74) is 5.87. The summed E-state index contributed by atoms with van der Waals surface area (Å²) in [5, 5.41) is 0. The molecule has 0 aliphatic heterocycles. The van der Waals surface area contributed by atoms with Crippen LogP contribution >= 0.6 is 0 Å². The average Bonchev–Trinajstić information content (AvgIpc) is 2.33. The smallest absolute Gasteiger partial charge is 0.273 e. The van der Waals surface area contributed by atoms with Gasteiger partial charge in [-0.3, -0.25) is 4.79 Å². The minimum atomic E-state index is -0.0794. The number of anilines is 1. The van der Waals surface area contributed by atoms with Gasteiger partial charge in [0.05, 0.1) is 11.8 Å². The Hall–Kier alpha value is -1.29. The lowest BCUT2D eigenvalue weighted by Gasteiger charge is -2.29. The maximum absolute atomic E-state index is 11.9. The van der Waals surface area contributed by atoms with Crippen LogP contribution in [0.2, 0.25) is 0 Å². The van der Waals surface area contributed by atoms with Gasteiger partial charge in [0, 0.05) is 19.3 Å². The average molecular weight is 222 g/mol. The predicted molar refractivity (Wildman–Crippen MR) is 63.4 cm³/mol. The van der Waals surface area contributed by atoms with E-state index in [1.165, 1.54) is 0 Å². The first-order valence-corrected chi connectivity index (χ1v) is 5.72. The van der Waals surface area contributed by atoms with Crippen LogP contribution in [0.25, 0.3) is 0 Å². The van der Waals surface area contributed by atoms with Crippen LogP contribution in [-0.2, 0) is 4.74 Å². The third-order valence-corrected chi connectivity index (χ3v) is 3.33. The van der Waals surface area contributed by atoms with Gasteiger partial charge in [-0.25, -0.2) is 0 Å². The third kappa shape index (κ3) is 2.11. The number of methoxy groups -OCH3 is 1. The molecule has 0 bridgehead atoms. The number of aromatic nitrogens is 1. The van der Waals surface area contributed by atoms with E-state index in [4.69, 9.17) is 10.5 Å². The van der Waals surface area contributed by atoms with Crippen molar-refractivity contribution >= 4 is 5.69 Å². The van der Waals surface area contributed by atoms with Crippen molar-refractivity contribution in [3.05, 3.63) is 28.7 Å². The summed E-state index contributed by atoms with van der Waals surface area (Å²) in [4.78, 5) is 11.9. The van der Waals surface area contributed by atoms with Gasteiger partial charge in [-0.15, -0.1) is 0 Å². The van der Waals surface area contributed by atoms with E-state index < -0.39 is 0 Å². The van der Waals surface area contributed by atoms with Crippen molar-refractivity contribution in [2.75, 3.05) is 12.8 Å². The molecule has 1 saturated carbocycles. The van der Waals surface area contributed by atoms with Crippen LogP contribution in [0.15, 0.2) is 23.1 Å². The molecule has 1 aliphatic carbocycles. The van der Waals surface area contributed by atoms with E-state index in [1.807, 2.05) is 12.3 Å². The van der Waals surface area contributed by atoms with Crippen LogP contribution in [0.3, 0.4) is 0 Å². The van der Waals surface area contributed by atoms with Crippen molar-refractivity contribution in [1.82, 2.24) is 4.57 Å². The summed E-state index contributed by atoms with van der Waals surface area (Å²) in [6, 6.07) is 3.71. The van der Waals surface area contributed by atoms with Crippen molar-refractivity contribution in [3.8, 4) is 0 Å². The number of hydrogen-bond donors (Lipinski definition) is 1. The second kappa shape index (κ2) is 4.70. The van der Waals surface area contributed by atoms with Crippen LogP contribution in [0.5, 0.6) is 0 Å². The zero-order chi connectivity index (χ0) is 11.5. The maximum atomic E-state index is 11.9. The van der Waals surface area contributed by atoms with Crippen LogP contribution in [0.1, 0.15) is 31.7 Å². The largest absolute Gasteiger partial charge is 0.394 e. The lowest BCUT2D eigenvalue weighted by atomic mass is 9.92. The van der Waals surface area contributed by atoms with Crippen molar-refractivity contribution in [1.29, 1.82) is 0 Å². The van der Waals surface area contributed by atoms with Gasteiger partial charge in [0.2, 0.25) is 0 Å². The van der Waals surface area contributed by atoms with Gasteiger partial charge < -0.3 is 15.0 Å². The molecule has 0 saturated heterocycles. The molecule has 1 aliphatic rings. The monoisotopic (exact) mass is 222 g/mol. The fraction of sp³-hybridized carbons (Fsp3) is 0.583. The topological polar surface area (TPSA) is 57.2 Å². The molecular formula is C12H18N2O2. The molecule has 0 spiro atoms. The van der Waals surface area contributed by atoms with E-state index in [9.17, 15) is 4.79 Å². The molecule has 0 aromatic carbocycles. The number of nitrogens with zero attached hydrogens (tertiary/aromatic N) is 1. The summed E-state index contributed by atoms with van der Waals surface area (Å²) >= 11 is 0. The first-order chi connectivity index (χ1) is 7.72. The van der Waals surface area contributed by atoms with Crippen molar-refractivity contribution < 1.29 is 4.74 Å². The third-order valence-electron chi connectivity index (χ3n) is 3.33. The van der Waals surface area contributed by atoms with Gasteiger partial charge in [-0.05, 0) is 37.8 Å². The number of pyridine rings is 1. The number of hydrogen-bond acceptors (Lipinski definition) is 3. The zero-order valence-corrected chi connectivity index (χ0v) is 9.56. The lowest BCUT2D eigenvalue weighted by Crippen LogP contribution is -2.31. The Morgan fingerprint density at radius 2 is 2.31 bits per heavy atom. The molecule has 1 fully saturated rings. The summed E-state index contributed by atoms with van der Waals surface area (Å²) in [6.07, 6.45) is 6.21. The van der Waals surface area contributed by atoms with Gasteiger partial charge in [-0.1, -0.05) is 0 Å². The molecule has 1 aromatic heterocycles. The molecule has 88 valence electrons. The summed E-state index contributed by atoms with van der Waals surface area (Å²) in [5.74, 6) is 0. The Labute approximate surface area is 95.0 Å². The molecular weight excluding hydrogens is 204 g/mol. The summed E-state index contributed by atoms with van der Waals surface area (Å²) in [6.45, 7) is 0. The maximum Gasteiger partial charge on any atom is 0.273 e. The molecule has 4 nitrogen and oxygen atoms in total. The minimum Gasteiger partial charge on any atom is -0.394 e. The van der Waals surface area contributed by atoms with E-state index in [-0.39, 0.29) is 17.7 Å². The van der Waals surface area contributed by atoms with Crippen LogP contribution in [0, 0.1) is 0 Å². The fourth-order valence-electron chi connectivity index (χ4n) is 2.40. The lowest BCUT2D eigenvalue weighted by molar-refractivity contribution is 0.0525. The Morgan fingerprint density at radius 3 is 3.06 bits per heavy atom. The first kappa shape index (κ1) is 11.2. The van der Waals surface area contributed by atoms with E-state index in [0.29, 0.717) is 5.69 Å². The normalized spacial score (nSPS) is 25.6. The number of nitrogen functional groups attached to an aromatic ring is 1. The highest BCUT2D eigenvalue weighted by atomic mass is 16.5. The van der Waals surface area contributed by atoms with Crippen molar-refractivity contribution in [2.24, 2.45) is 0 Å². The molecule has 2 N–H and O–H groups in total. The van der Waals surface area contributed by atoms with Gasteiger partial charge in [0.1, 0.15) is 0 Å². The van der Waals surface area contributed by atoms with E-state index in [1.54, 1.807) is 17.7 Å². The molecule has 4 heteroatoms. The fourth-order valence-corrected chi connectivity index (χ4v) is 2.40. The van der Waals surface area contributed by atoms with Crippen LogP contribution in [-0.4, -0.2) is 17.8 Å². The molecule has 0 unspecified atom stereocenters. The molecule has 2 atom stereocenters. The Morgan fingerprint density at radius 1 is 1.50 bits per heavy atom. The van der Waals surface area contributed by atoms with Crippen LogP contribution < -0.4 is 11.3 Å². The summed E-state index contributed by atoms with van der Waals surface area (Å²) in [7, 11) is 1.73.